The number of nitrogens with one attached hydrogen (secondary N) is 3. The molecule has 5 aromatic rings. The number of rotatable bonds is 7. The van der Waals surface area contributed by atoms with E-state index in [1.54, 1.807) is 97.2 Å². The number of nitrogen functional groups attached to an aromatic ring is 1. The third kappa shape index (κ3) is 9.58. The second-order valence-corrected chi connectivity index (χ2v) is 11.5. The number of amides is 3. The summed E-state index contributed by atoms with van der Waals surface area (Å²) < 4.78 is 33.0. The zero-order valence-corrected chi connectivity index (χ0v) is 25.7. The fraction of sp³-hybridized carbons (Fsp3) is 0.0588. The van der Waals surface area contributed by atoms with E-state index < -0.39 is 10.1 Å². The fourth-order valence-electron chi connectivity index (χ4n) is 4.02. The minimum Gasteiger partial charge on any atom is -0.744 e. The summed E-state index contributed by atoms with van der Waals surface area (Å²) in [6.07, 6.45) is 3.68. The molecule has 5 rings (SSSR count). The first-order valence-electron chi connectivity index (χ1n) is 13.8. The molecule has 0 aliphatic rings. The Morgan fingerprint density at radius 2 is 1.04 bits per heavy atom. The quantitative estimate of drug-likeness (QED) is 0.113. The van der Waals surface area contributed by atoms with Crippen molar-refractivity contribution in [3.8, 4) is 0 Å². The molecule has 0 bridgehead atoms. The van der Waals surface area contributed by atoms with Crippen LogP contribution in [0.25, 0.3) is 0 Å². The zero-order valence-electron chi connectivity index (χ0n) is 24.9. The minimum atomic E-state index is -4.27. The van der Waals surface area contributed by atoms with Crippen molar-refractivity contribution >= 4 is 50.6 Å². The normalized spacial score (nSPS) is 10.6. The molecule has 0 aliphatic carbocycles. The Hall–Kier alpha value is -5.85. The highest BCUT2D eigenvalue weighted by Gasteiger charge is 2.12. The number of aromatic nitrogens is 1. The molecule has 46 heavy (non-hydrogen) atoms. The van der Waals surface area contributed by atoms with Gasteiger partial charge in [-0.3, -0.25) is 14.4 Å². The molecule has 3 amide bonds. The monoisotopic (exact) mass is 637 g/mol. The van der Waals surface area contributed by atoms with E-state index >= 15 is 0 Å². The first-order chi connectivity index (χ1) is 21.9. The van der Waals surface area contributed by atoms with Gasteiger partial charge in [-0.05, 0) is 97.9 Å². The molecule has 12 heteroatoms. The van der Waals surface area contributed by atoms with Crippen molar-refractivity contribution in [2.24, 2.45) is 7.05 Å². The van der Waals surface area contributed by atoms with E-state index in [0.29, 0.717) is 39.4 Å². The smallest absolute Gasteiger partial charge is 0.255 e. The highest BCUT2D eigenvalue weighted by molar-refractivity contribution is 7.85. The lowest BCUT2D eigenvalue weighted by molar-refractivity contribution is -0.670. The lowest BCUT2D eigenvalue weighted by Gasteiger charge is -2.09. The van der Waals surface area contributed by atoms with Crippen LogP contribution in [0.5, 0.6) is 0 Å². The van der Waals surface area contributed by atoms with Crippen molar-refractivity contribution < 1.29 is 31.9 Å². The van der Waals surface area contributed by atoms with Gasteiger partial charge in [-0.1, -0.05) is 17.7 Å². The predicted octanol–water partition coefficient (Wildman–Crippen LogP) is 4.75. The second kappa shape index (κ2) is 14.8. The van der Waals surface area contributed by atoms with Crippen LogP contribution in [0.3, 0.4) is 0 Å². The van der Waals surface area contributed by atoms with E-state index in [4.69, 9.17) is 5.73 Å². The van der Waals surface area contributed by atoms with Crippen LogP contribution < -0.4 is 26.3 Å². The Balaban J connectivity index is 0.000000369. The number of anilines is 4. The van der Waals surface area contributed by atoms with Crippen LogP contribution in [0, 0.1) is 6.92 Å². The number of hydrogen-bond donors (Lipinski definition) is 4. The molecule has 0 radical (unpaired) electrons. The van der Waals surface area contributed by atoms with Gasteiger partial charge in [0, 0.05) is 39.8 Å². The van der Waals surface area contributed by atoms with Gasteiger partial charge in [0.05, 0.1) is 4.90 Å². The number of nitrogens with zero attached hydrogens (tertiary/aromatic N) is 1. The number of carbonyl (C=O) groups is 3. The van der Waals surface area contributed by atoms with E-state index in [1.165, 1.54) is 12.1 Å². The van der Waals surface area contributed by atoms with Gasteiger partial charge in [-0.2, -0.15) is 0 Å². The number of hydrogen-bond acceptors (Lipinski definition) is 7. The Kier molecular flexibility index (Phi) is 10.6. The second-order valence-electron chi connectivity index (χ2n) is 10.2. The van der Waals surface area contributed by atoms with E-state index in [2.05, 4.69) is 16.0 Å². The summed E-state index contributed by atoms with van der Waals surface area (Å²) >= 11 is 0. The SMILES string of the molecule is C[n+]1cccc(NC(=O)c2ccc(NC(=O)c3ccc(C(=O)Nc4ccc(N)cc4)cc3)cc2)c1.Cc1ccc(S(=O)(=O)[O-])cc1. The number of carbonyl (C=O) groups excluding carboxylic acids is 3. The largest absolute Gasteiger partial charge is 0.744 e. The first-order valence-corrected chi connectivity index (χ1v) is 15.3. The summed E-state index contributed by atoms with van der Waals surface area (Å²) in [6.45, 7) is 1.82. The van der Waals surface area contributed by atoms with Crippen molar-refractivity contribution in [2.45, 2.75) is 11.8 Å². The van der Waals surface area contributed by atoms with E-state index in [0.717, 1.165) is 5.56 Å². The van der Waals surface area contributed by atoms with Gasteiger partial charge < -0.3 is 26.2 Å². The van der Waals surface area contributed by atoms with Crippen molar-refractivity contribution in [2.75, 3.05) is 21.7 Å². The lowest BCUT2D eigenvalue weighted by Crippen LogP contribution is -2.27. The van der Waals surface area contributed by atoms with Crippen molar-refractivity contribution in [1.29, 1.82) is 0 Å². The van der Waals surface area contributed by atoms with Crippen LogP contribution in [0.15, 0.2) is 126 Å². The van der Waals surface area contributed by atoms with Crippen molar-refractivity contribution in [1.82, 2.24) is 0 Å². The van der Waals surface area contributed by atoms with Crippen LogP contribution in [0.1, 0.15) is 36.6 Å². The highest BCUT2D eigenvalue weighted by atomic mass is 32.2. The van der Waals surface area contributed by atoms with Gasteiger partial charge in [-0.25, -0.2) is 13.0 Å². The summed E-state index contributed by atoms with van der Waals surface area (Å²) in [5.41, 5.74) is 10.3. The van der Waals surface area contributed by atoms with E-state index in [-0.39, 0.29) is 22.6 Å². The van der Waals surface area contributed by atoms with Gasteiger partial charge in [-0.15, -0.1) is 0 Å². The molecule has 0 saturated heterocycles. The Morgan fingerprint density at radius 1 is 0.630 bits per heavy atom. The average molecular weight is 638 g/mol. The Labute approximate surface area is 266 Å². The third-order valence-electron chi connectivity index (χ3n) is 6.49. The Bertz CT molecular complexity index is 1940. The van der Waals surface area contributed by atoms with Crippen LogP contribution >= 0.6 is 0 Å². The first kappa shape index (κ1) is 33.1. The van der Waals surface area contributed by atoms with E-state index in [9.17, 15) is 27.4 Å². The minimum absolute atomic E-state index is 0.178. The molecule has 0 spiro atoms. The van der Waals surface area contributed by atoms with Crippen LogP contribution in [0.2, 0.25) is 0 Å². The summed E-state index contributed by atoms with van der Waals surface area (Å²) in [4.78, 5) is 37.3. The topological polar surface area (TPSA) is 174 Å². The molecule has 1 aromatic heterocycles. The predicted molar refractivity (Wildman–Crippen MR) is 174 cm³/mol. The molecule has 5 N–H and O–H groups in total. The van der Waals surface area contributed by atoms with Crippen molar-refractivity contribution in [3.05, 3.63) is 144 Å². The molecule has 0 atom stereocenters. The maximum absolute atomic E-state index is 12.6. The van der Waals surface area contributed by atoms with E-state index in [1.807, 2.05) is 30.8 Å². The molecule has 234 valence electrons. The number of aryl methyl sites for hydroxylation is 2. The molecule has 11 nitrogen and oxygen atoms in total. The molecule has 0 unspecified atom stereocenters. The number of pyridine rings is 1. The summed E-state index contributed by atoms with van der Waals surface area (Å²) in [5, 5.41) is 8.40. The fourth-order valence-corrected chi connectivity index (χ4v) is 4.49. The maximum Gasteiger partial charge on any atom is 0.255 e. The zero-order chi connectivity index (χ0) is 33.3. The van der Waals surface area contributed by atoms with Gasteiger partial charge in [0.25, 0.3) is 17.7 Å². The maximum atomic E-state index is 12.6. The molecule has 0 saturated carbocycles. The summed E-state index contributed by atoms with van der Waals surface area (Å²) in [5.74, 6) is -0.869. The molecule has 4 aromatic carbocycles. The van der Waals surface area contributed by atoms with Gasteiger partial charge in [0.1, 0.15) is 22.9 Å². The standard InChI is InChI=1S/C27H23N5O3.C7H8O3S/c1-32-16-2-3-24(17-32)31-27(35)20-8-12-22(13-9-20)29-25(33)18-4-6-19(7-5-18)26(34)30-23-14-10-21(28)11-15-23;1-6-2-4-7(5-3-6)11(8,9)10/h2-17H,1H3,(H4-,28,29,30,31,33,34,35);2-5H,1H3,(H,8,9,10). The number of benzene rings is 4. The molecular weight excluding hydrogens is 606 g/mol. The molecular formula is C34H31N5O6S. The highest BCUT2D eigenvalue weighted by Crippen LogP contribution is 2.16. The average Bonchev–Trinajstić information content (AvgIpc) is 3.02. The van der Waals surface area contributed by atoms with Crippen LogP contribution in [-0.2, 0) is 17.2 Å². The van der Waals surface area contributed by atoms with Gasteiger partial charge in [0.15, 0.2) is 12.4 Å². The third-order valence-corrected chi connectivity index (χ3v) is 7.34. The van der Waals surface area contributed by atoms with Crippen molar-refractivity contribution in [3.63, 3.8) is 0 Å². The molecule has 0 aliphatic heterocycles. The molecule has 1 heterocycles. The van der Waals surface area contributed by atoms with Crippen LogP contribution in [0.4, 0.5) is 22.7 Å². The number of nitrogens with two attached hydrogens (primary N) is 1. The van der Waals surface area contributed by atoms with Crippen LogP contribution in [-0.4, -0.2) is 30.7 Å². The summed E-state index contributed by atoms with van der Waals surface area (Å²) in [6, 6.07) is 29.2. The lowest BCUT2D eigenvalue weighted by atomic mass is 10.1. The molecule has 0 fully saturated rings. The summed E-state index contributed by atoms with van der Waals surface area (Å²) in [7, 11) is -2.40. The van der Waals surface area contributed by atoms with Gasteiger partial charge in [0.2, 0.25) is 0 Å². The van der Waals surface area contributed by atoms with Gasteiger partial charge >= 0.3 is 0 Å². The Morgan fingerprint density at radius 3 is 1.48 bits per heavy atom.